The second kappa shape index (κ2) is 5.16. The van der Waals surface area contributed by atoms with Gasteiger partial charge in [0.1, 0.15) is 11.6 Å². The van der Waals surface area contributed by atoms with E-state index in [9.17, 15) is 14.7 Å². The summed E-state index contributed by atoms with van der Waals surface area (Å²) < 4.78 is 5.25. The van der Waals surface area contributed by atoms with E-state index in [-0.39, 0.29) is 11.8 Å². The minimum absolute atomic E-state index is 0.00461. The van der Waals surface area contributed by atoms with Crippen LogP contribution in [0.5, 0.6) is 0 Å². The Labute approximate surface area is 108 Å². The zero-order valence-corrected chi connectivity index (χ0v) is 11.8. The van der Waals surface area contributed by atoms with Gasteiger partial charge in [-0.2, -0.15) is 0 Å². The highest BCUT2D eigenvalue weighted by molar-refractivity contribution is 5.81. The van der Waals surface area contributed by atoms with Gasteiger partial charge in [-0.1, -0.05) is 13.8 Å². The molecule has 0 bridgehead atoms. The average molecular weight is 257 g/mol. The Morgan fingerprint density at radius 1 is 1.33 bits per heavy atom. The molecular weight excluding hydrogens is 234 g/mol. The first kappa shape index (κ1) is 14.8. The molecule has 0 spiro atoms. The predicted molar refractivity (Wildman–Crippen MR) is 67.3 cm³/mol. The van der Waals surface area contributed by atoms with Crippen LogP contribution in [0.4, 0.5) is 4.79 Å². The maximum absolute atomic E-state index is 12.0. The number of ether oxygens (including phenoxy) is 1. The summed E-state index contributed by atoms with van der Waals surface area (Å²) >= 11 is 0. The molecular formula is C13H23NO4. The monoisotopic (exact) mass is 257 g/mol. The van der Waals surface area contributed by atoms with Crippen LogP contribution in [-0.4, -0.2) is 40.3 Å². The number of likely N-dealkylation sites (tertiary alicyclic amines) is 1. The van der Waals surface area contributed by atoms with Crippen LogP contribution < -0.4 is 0 Å². The number of hydrogen-bond donors (Lipinski definition) is 1. The standard InChI is InChI=1S/C13H23NO4/c1-8(2)9-6-7-14(10(9)11(15)16)12(17)18-13(3,4)5/h8-10H,6-7H2,1-5H3,(H,15,16)/t9-,10-/m1/s1. The third kappa shape index (κ3) is 3.37. The van der Waals surface area contributed by atoms with Crippen LogP contribution in [0.25, 0.3) is 0 Å². The molecule has 0 saturated carbocycles. The van der Waals surface area contributed by atoms with Gasteiger partial charge in [-0.25, -0.2) is 9.59 Å². The van der Waals surface area contributed by atoms with Gasteiger partial charge in [-0.15, -0.1) is 0 Å². The molecule has 1 rings (SSSR count). The normalized spacial score (nSPS) is 24.4. The number of nitrogens with zero attached hydrogens (tertiary/aromatic N) is 1. The molecule has 1 N–H and O–H groups in total. The van der Waals surface area contributed by atoms with Crippen LogP contribution in [0, 0.1) is 11.8 Å². The average Bonchev–Trinajstić information content (AvgIpc) is 2.58. The lowest BCUT2D eigenvalue weighted by Gasteiger charge is -2.29. The highest BCUT2D eigenvalue weighted by Gasteiger charge is 2.44. The van der Waals surface area contributed by atoms with Crippen molar-refractivity contribution < 1.29 is 19.4 Å². The van der Waals surface area contributed by atoms with E-state index in [2.05, 4.69) is 0 Å². The van der Waals surface area contributed by atoms with Crippen molar-refractivity contribution in [3.8, 4) is 0 Å². The Balaban J connectivity index is 2.83. The molecule has 1 fully saturated rings. The fourth-order valence-electron chi connectivity index (χ4n) is 2.36. The molecule has 18 heavy (non-hydrogen) atoms. The van der Waals surface area contributed by atoms with Gasteiger partial charge < -0.3 is 9.84 Å². The molecule has 1 heterocycles. The Morgan fingerprint density at radius 3 is 2.28 bits per heavy atom. The minimum atomic E-state index is -0.947. The van der Waals surface area contributed by atoms with Crippen LogP contribution in [0.3, 0.4) is 0 Å². The number of carbonyl (C=O) groups excluding carboxylic acids is 1. The number of aliphatic carboxylic acids is 1. The summed E-state index contributed by atoms with van der Waals surface area (Å²) in [5.74, 6) is -0.717. The van der Waals surface area contributed by atoms with Gasteiger partial charge in [0.15, 0.2) is 0 Å². The lowest BCUT2D eigenvalue weighted by molar-refractivity contribution is -0.143. The van der Waals surface area contributed by atoms with Crippen molar-refractivity contribution in [3.05, 3.63) is 0 Å². The second-order valence-corrected chi connectivity index (χ2v) is 6.15. The number of carboxylic acids is 1. The SMILES string of the molecule is CC(C)[C@H]1CCN(C(=O)OC(C)(C)C)[C@H]1C(=O)O. The van der Waals surface area contributed by atoms with Gasteiger partial charge in [-0.3, -0.25) is 4.90 Å². The first-order valence-electron chi connectivity index (χ1n) is 6.36. The molecule has 104 valence electrons. The van der Waals surface area contributed by atoms with Crippen molar-refractivity contribution in [2.75, 3.05) is 6.54 Å². The van der Waals surface area contributed by atoms with Crippen molar-refractivity contribution in [3.63, 3.8) is 0 Å². The zero-order chi connectivity index (χ0) is 14.1. The molecule has 1 aliphatic heterocycles. The van der Waals surface area contributed by atoms with Crippen LogP contribution >= 0.6 is 0 Å². The molecule has 5 heteroatoms. The van der Waals surface area contributed by atoms with Gasteiger partial charge in [-0.05, 0) is 39.0 Å². The Hall–Kier alpha value is -1.26. The van der Waals surface area contributed by atoms with Gasteiger partial charge in [0.2, 0.25) is 0 Å². The molecule has 1 aliphatic rings. The molecule has 0 aromatic carbocycles. The van der Waals surface area contributed by atoms with E-state index < -0.39 is 23.7 Å². The maximum Gasteiger partial charge on any atom is 0.411 e. The Kier molecular flexibility index (Phi) is 4.24. The summed E-state index contributed by atoms with van der Waals surface area (Å²) in [5.41, 5.74) is -0.601. The molecule has 5 nitrogen and oxygen atoms in total. The molecule has 1 saturated heterocycles. The number of rotatable bonds is 2. The summed E-state index contributed by atoms with van der Waals surface area (Å²) in [5, 5.41) is 9.30. The maximum atomic E-state index is 12.0. The highest BCUT2D eigenvalue weighted by atomic mass is 16.6. The van der Waals surface area contributed by atoms with Crippen molar-refractivity contribution in [2.24, 2.45) is 11.8 Å². The summed E-state index contributed by atoms with van der Waals surface area (Å²) in [6, 6.07) is -0.764. The number of carboxylic acid groups (broad SMARTS) is 1. The van der Waals surface area contributed by atoms with Crippen molar-refractivity contribution >= 4 is 12.1 Å². The lowest BCUT2D eigenvalue weighted by Crippen LogP contribution is -2.46. The topological polar surface area (TPSA) is 66.8 Å². The minimum Gasteiger partial charge on any atom is -0.480 e. The fourth-order valence-corrected chi connectivity index (χ4v) is 2.36. The van der Waals surface area contributed by atoms with Crippen molar-refractivity contribution in [1.29, 1.82) is 0 Å². The van der Waals surface area contributed by atoms with Gasteiger partial charge in [0.25, 0.3) is 0 Å². The first-order valence-corrected chi connectivity index (χ1v) is 6.36. The summed E-state index contributed by atoms with van der Waals surface area (Å²) in [7, 11) is 0. The number of carbonyl (C=O) groups is 2. The van der Waals surface area contributed by atoms with E-state index in [0.717, 1.165) is 0 Å². The summed E-state index contributed by atoms with van der Waals surface area (Å²) in [4.78, 5) is 24.7. The van der Waals surface area contributed by atoms with Crippen LogP contribution in [0.1, 0.15) is 41.0 Å². The third-order valence-electron chi connectivity index (χ3n) is 3.18. The van der Waals surface area contributed by atoms with Crippen molar-refractivity contribution in [1.82, 2.24) is 4.90 Å². The smallest absolute Gasteiger partial charge is 0.411 e. The molecule has 1 amide bonds. The van der Waals surface area contributed by atoms with Crippen molar-refractivity contribution in [2.45, 2.75) is 52.7 Å². The van der Waals surface area contributed by atoms with E-state index >= 15 is 0 Å². The van der Waals surface area contributed by atoms with Crippen LogP contribution in [0.2, 0.25) is 0 Å². The van der Waals surface area contributed by atoms with Gasteiger partial charge >= 0.3 is 12.1 Å². The molecule has 0 unspecified atom stereocenters. The predicted octanol–water partition coefficient (Wildman–Crippen LogP) is 2.35. The van der Waals surface area contributed by atoms with Gasteiger partial charge in [0, 0.05) is 6.54 Å². The summed E-state index contributed by atoms with van der Waals surface area (Å²) in [6.45, 7) is 9.75. The zero-order valence-electron chi connectivity index (χ0n) is 11.8. The molecule has 0 aromatic rings. The molecule has 0 radical (unpaired) electrons. The number of amides is 1. The lowest BCUT2D eigenvalue weighted by atomic mass is 9.89. The van der Waals surface area contributed by atoms with E-state index in [0.29, 0.717) is 13.0 Å². The van der Waals surface area contributed by atoms with Gasteiger partial charge in [0.05, 0.1) is 0 Å². The Morgan fingerprint density at radius 2 is 1.89 bits per heavy atom. The first-order chi connectivity index (χ1) is 8.13. The Bertz CT molecular complexity index is 332. The van der Waals surface area contributed by atoms with E-state index in [1.807, 2.05) is 13.8 Å². The highest BCUT2D eigenvalue weighted by Crippen LogP contribution is 2.31. The van der Waals surface area contributed by atoms with E-state index in [4.69, 9.17) is 4.74 Å². The third-order valence-corrected chi connectivity index (χ3v) is 3.18. The second-order valence-electron chi connectivity index (χ2n) is 6.15. The molecule has 2 atom stereocenters. The van der Waals surface area contributed by atoms with Crippen LogP contribution in [-0.2, 0) is 9.53 Å². The number of hydrogen-bond acceptors (Lipinski definition) is 3. The molecule has 0 aliphatic carbocycles. The van der Waals surface area contributed by atoms with E-state index in [1.165, 1.54) is 4.90 Å². The quantitative estimate of drug-likeness (QED) is 0.824. The van der Waals surface area contributed by atoms with Crippen LogP contribution in [0.15, 0.2) is 0 Å². The largest absolute Gasteiger partial charge is 0.480 e. The van der Waals surface area contributed by atoms with E-state index in [1.54, 1.807) is 20.8 Å². The summed E-state index contributed by atoms with van der Waals surface area (Å²) in [6.07, 6.45) is 0.187. The molecule has 0 aromatic heterocycles. The fraction of sp³-hybridized carbons (Fsp3) is 0.846.